The molecule has 0 aliphatic carbocycles. The van der Waals surface area contributed by atoms with Crippen molar-refractivity contribution in [3.63, 3.8) is 0 Å². The number of benzene rings is 1. The van der Waals surface area contributed by atoms with Gasteiger partial charge in [0.15, 0.2) is 0 Å². The number of nitrogens with one attached hydrogen (secondary N) is 1. The number of nitrogens with zero attached hydrogens (tertiary/aromatic N) is 1. The van der Waals surface area contributed by atoms with Crippen molar-refractivity contribution in [3.8, 4) is 0 Å². The second-order valence-corrected chi connectivity index (χ2v) is 6.83. The molecule has 1 aliphatic heterocycles. The van der Waals surface area contributed by atoms with Crippen LogP contribution in [0.3, 0.4) is 0 Å². The molecular formula is C13H19N3O5S. The van der Waals surface area contributed by atoms with Crippen LogP contribution in [0.5, 0.6) is 0 Å². The summed E-state index contributed by atoms with van der Waals surface area (Å²) in [6.07, 6.45) is 2.87. The summed E-state index contributed by atoms with van der Waals surface area (Å²) in [7, 11) is -3.96. The van der Waals surface area contributed by atoms with Crippen LogP contribution in [0.15, 0.2) is 23.1 Å². The number of ether oxygens (including phenoxy) is 1. The lowest BCUT2D eigenvalue weighted by Crippen LogP contribution is -2.16. The predicted molar refractivity (Wildman–Crippen MR) is 81.1 cm³/mol. The summed E-state index contributed by atoms with van der Waals surface area (Å²) in [6, 6.07) is 3.62. The molecule has 0 bridgehead atoms. The summed E-state index contributed by atoms with van der Waals surface area (Å²) in [5.74, 6) is 0.375. The Labute approximate surface area is 128 Å². The third-order valence-electron chi connectivity index (χ3n) is 3.65. The highest BCUT2D eigenvalue weighted by atomic mass is 32.2. The van der Waals surface area contributed by atoms with Crippen molar-refractivity contribution in [3.05, 3.63) is 28.3 Å². The minimum atomic E-state index is -3.96. The van der Waals surface area contributed by atoms with Crippen molar-refractivity contribution in [1.29, 1.82) is 0 Å². The average Bonchev–Trinajstić information content (AvgIpc) is 2.72. The SMILES string of the molecule is NS(=O)(=O)c1ccc(NC[C@H]2CCCOCC2)c([N+](=O)[O-])c1. The Kier molecular flexibility index (Phi) is 5.33. The van der Waals surface area contributed by atoms with Gasteiger partial charge in [-0.05, 0) is 37.3 Å². The van der Waals surface area contributed by atoms with Gasteiger partial charge in [-0.3, -0.25) is 10.1 Å². The van der Waals surface area contributed by atoms with E-state index in [9.17, 15) is 18.5 Å². The van der Waals surface area contributed by atoms with Gasteiger partial charge < -0.3 is 10.1 Å². The van der Waals surface area contributed by atoms with Crippen molar-refractivity contribution in [2.75, 3.05) is 25.1 Å². The normalized spacial score (nSPS) is 19.4. The average molecular weight is 329 g/mol. The van der Waals surface area contributed by atoms with E-state index in [4.69, 9.17) is 9.88 Å². The maximum atomic E-state index is 11.3. The number of hydrogen-bond donors (Lipinski definition) is 2. The molecule has 0 amide bonds. The van der Waals surface area contributed by atoms with Gasteiger partial charge in [-0.25, -0.2) is 13.6 Å². The number of anilines is 1. The molecule has 0 saturated carbocycles. The van der Waals surface area contributed by atoms with E-state index in [1.165, 1.54) is 12.1 Å². The van der Waals surface area contributed by atoms with E-state index in [-0.39, 0.29) is 10.6 Å². The van der Waals surface area contributed by atoms with Gasteiger partial charge in [0, 0.05) is 25.8 Å². The fourth-order valence-corrected chi connectivity index (χ4v) is 2.95. The van der Waals surface area contributed by atoms with Crippen molar-refractivity contribution < 1.29 is 18.1 Å². The second kappa shape index (κ2) is 7.03. The van der Waals surface area contributed by atoms with Crippen LogP contribution < -0.4 is 10.5 Å². The Morgan fingerprint density at radius 1 is 1.36 bits per heavy atom. The van der Waals surface area contributed by atoms with Crippen LogP contribution in [-0.4, -0.2) is 33.1 Å². The van der Waals surface area contributed by atoms with Gasteiger partial charge in [-0.2, -0.15) is 0 Å². The first-order valence-electron chi connectivity index (χ1n) is 7.01. The highest BCUT2D eigenvalue weighted by Gasteiger charge is 2.20. The van der Waals surface area contributed by atoms with Gasteiger partial charge in [0.1, 0.15) is 5.69 Å². The topological polar surface area (TPSA) is 125 Å². The van der Waals surface area contributed by atoms with Crippen LogP contribution in [0, 0.1) is 16.0 Å². The maximum Gasteiger partial charge on any atom is 0.293 e. The van der Waals surface area contributed by atoms with Gasteiger partial charge >= 0.3 is 0 Å². The molecule has 1 aromatic carbocycles. The molecule has 2 rings (SSSR count). The van der Waals surface area contributed by atoms with Crippen molar-refractivity contribution in [1.82, 2.24) is 0 Å². The molecule has 1 atom stereocenters. The van der Waals surface area contributed by atoms with Crippen LogP contribution in [0.2, 0.25) is 0 Å². The Bertz CT molecular complexity index is 639. The lowest BCUT2D eigenvalue weighted by atomic mass is 10.0. The van der Waals surface area contributed by atoms with Crippen LogP contribution in [-0.2, 0) is 14.8 Å². The number of hydrogen-bond acceptors (Lipinski definition) is 6. The number of primary sulfonamides is 1. The summed E-state index contributed by atoms with van der Waals surface area (Å²) < 4.78 is 27.9. The first-order chi connectivity index (χ1) is 10.4. The van der Waals surface area contributed by atoms with Gasteiger partial charge in [0.25, 0.3) is 5.69 Å². The molecular weight excluding hydrogens is 310 g/mol. The molecule has 122 valence electrons. The molecule has 8 nitrogen and oxygen atoms in total. The third kappa shape index (κ3) is 4.39. The van der Waals surface area contributed by atoms with Crippen molar-refractivity contribution >= 4 is 21.4 Å². The fourth-order valence-electron chi connectivity index (χ4n) is 2.42. The molecule has 9 heteroatoms. The molecule has 0 aromatic heterocycles. The molecule has 1 saturated heterocycles. The second-order valence-electron chi connectivity index (χ2n) is 5.27. The molecule has 1 fully saturated rings. The largest absolute Gasteiger partial charge is 0.381 e. The smallest absolute Gasteiger partial charge is 0.293 e. The van der Waals surface area contributed by atoms with Crippen molar-refractivity contribution in [2.45, 2.75) is 24.2 Å². The van der Waals surface area contributed by atoms with E-state index in [2.05, 4.69) is 5.32 Å². The molecule has 0 unspecified atom stereocenters. The number of nitro benzene ring substituents is 1. The first kappa shape index (κ1) is 16.7. The number of sulfonamides is 1. The van der Waals surface area contributed by atoms with Gasteiger partial charge in [0.2, 0.25) is 10.0 Å². The van der Waals surface area contributed by atoms with E-state index in [0.717, 1.165) is 31.9 Å². The molecule has 1 aliphatic rings. The summed E-state index contributed by atoms with van der Waals surface area (Å²) in [5, 5.41) is 19.2. The highest BCUT2D eigenvalue weighted by molar-refractivity contribution is 7.89. The highest BCUT2D eigenvalue weighted by Crippen LogP contribution is 2.28. The van der Waals surface area contributed by atoms with E-state index >= 15 is 0 Å². The summed E-state index contributed by atoms with van der Waals surface area (Å²) in [5.41, 5.74) is -0.000961. The number of nitrogens with two attached hydrogens (primary N) is 1. The van der Waals surface area contributed by atoms with E-state index in [1.807, 2.05) is 0 Å². The van der Waals surface area contributed by atoms with Gasteiger partial charge in [-0.15, -0.1) is 0 Å². The van der Waals surface area contributed by atoms with Crippen LogP contribution >= 0.6 is 0 Å². The van der Waals surface area contributed by atoms with Gasteiger partial charge in [-0.1, -0.05) is 0 Å². The Hall–Kier alpha value is -1.71. The lowest BCUT2D eigenvalue weighted by molar-refractivity contribution is -0.384. The Balaban J connectivity index is 2.14. The van der Waals surface area contributed by atoms with E-state index in [1.54, 1.807) is 0 Å². The Morgan fingerprint density at radius 3 is 2.82 bits per heavy atom. The summed E-state index contributed by atoms with van der Waals surface area (Å²) in [4.78, 5) is 10.2. The van der Waals surface area contributed by atoms with Crippen molar-refractivity contribution in [2.24, 2.45) is 11.1 Å². The zero-order valence-corrected chi connectivity index (χ0v) is 12.8. The number of nitro groups is 1. The predicted octanol–water partition coefficient (Wildman–Crippen LogP) is 1.47. The molecule has 22 heavy (non-hydrogen) atoms. The van der Waals surface area contributed by atoms with Crippen LogP contribution in [0.1, 0.15) is 19.3 Å². The van der Waals surface area contributed by atoms with E-state index < -0.39 is 14.9 Å². The van der Waals surface area contributed by atoms with E-state index in [0.29, 0.717) is 24.8 Å². The van der Waals surface area contributed by atoms with Gasteiger partial charge in [0.05, 0.1) is 9.82 Å². The maximum absolute atomic E-state index is 11.3. The standard InChI is InChI=1S/C13H19N3O5S/c14-22(19,20)11-3-4-12(13(8-11)16(17)18)15-9-10-2-1-6-21-7-5-10/h3-4,8,10,15H,1-2,5-7,9H2,(H2,14,19,20)/t10-/m0/s1. The molecule has 1 heterocycles. The zero-order chi connectivity index (χ0) is 16.2. The molecule has 0 spiro atoms. The van der Waals surface area contributed by atoms with Crippen LogP contribution in [0.25, 0.3) is 0 Å². The summed E-state index contributed by atoms with van der Waals surface area (Å²) in [6.45, 7) is 2.03. The number of rotatable bonds is 5. The first-order valence-corrected chi connectivity index (χ1v) is 8.55. The lowest BCUT2D eigenvalue weighted by Gasteiger charge is -2.15. The fraction of sp³-hybridized carbons (Fsp3) is 0.538. The molecule has 0 radical (unpaired) electrons. The minimum Gasteiger partial charge on any atom is -0.381 e. The molecule has 1 aromatic rings. The molecule has 3 N–H and O–H groups in total. The quantitative estimate of drug-likeness (QED) is 0.622. The minimum absolute atomic E-state index is 0.271. The summed E-state index contributed by atoms with van der Waals surface area (Å²) >= 11 is 0. The van der Waals surface area contributed by atoms with Crippen LogP contribution in [0.4, 0.5) is 11.4 Å². The zero-order valence-electron chi connectivity index (χ0n) is 12.0. The monoisotopic (exact) mass is 329 g/mol. The Morgan fingerprint density at radius 2 is 2.14 bits per heavy atom. The third-order valence-corrected chi connectivity index (χ3v) is 4.56.